The molecule has 3 rings (SSSR count). The van der Waals surface area contributed by atoms with E-state index in [1.54, 1.807) is 6.20 Å². The van der Waals surface area contributed by atoms with Crippen LogP contribution in [0.2, 0.25) is 5.28 Å². The van der Waals surface area contributed by atoms with E-state index in [0.29, 0.717) is 11.1 Å². The van der Waals surface area contributed by atoms with Crippen LogP contribution in [0, 0.1) is 0 Å². The van der Waals surface area contributed by atoms with Crippen molar-refractivity contribution in [3.63, 3.8) is 0 Å². The van der Waals surface area contributed by atoms with E-state index in [2.05, 4.69) is 40.8 Å². The highest BCUT2D eigenvalue weighted by molar-refractivity contribution is 9.10. The number of aromatic nitrogens is 4. The zero-order valence-electron chi connectivity index (χ0n) is 10.5. The van der Waals surface area contributed by atoms with Crippen LogP contribution in [0.3, 0.4) is 0 Å². The van der Waals surface area contributed by atoms with Crippen molar-refractivity contribution in [1.29, 1.82) is 0 Å². The Morgan fingerprint density at radius 3 is 2.75 bits per heavy atom. The SMILES string of the molecule is Clc1nc(Sc2ncccc2Br)nc(N2CCCC2)n1. The Morgan fingerprint density at radius 2 is 2.00 bits per heavy atom. The fraction of sp³-hybridized carbons (Fsp3) is 0.333. The molecule has 0 atom stereocenters. The van der Waals surface area contributed by atoms with Crippen molar-refractivity contribution in [2.75, 3.05) is 18.0 Å². The molecular weight excluding hydrogens is 362 g/mol. The minimum atomic E-state index is 0.219. The molecule has 2 aromatic heterocycles. The average Bonchev–Trinajstić information content (AvgIpc) is 2.95. The lowest BCUT2D eigenvalue weighted by atomic mass is 10.4. The third-order valence-electron chi connectivity index (χ3n) is 2.88. The summed E-state index contributed by atoms with van der Waals surface area (Å²) in [5, 5.41) is 1.59. The summed E-state index contributed by atoms with van der Waals surface area (Å²) in [5.41, 5.74) is 0. The summed E-state index contributed by atoms with van der Waals surface area (Å²) < 4.78 is 0.907. The first kappa shape index (κ1) is 14.0. The first-order valence-electron chi connectivity index (χ1n) is 6.17. The topological polar surface area (TPSA) is 54.8 Å². The zero-order chi connectivity index (χ0) is 13.9. The Kier molecular flexibility index (Phi) is 4.38. The van der Waals surface area contributed by atoms with Crippen LogP contribution in [0.15, 0.2) is 33.0 Å². The molecule has 104 valence electrons. The highest BCUT2D eigenvalue weighted by atomic mass is 79.9. The fourth-order valence-electron chi connectivity index (χ4n) is 1.96. The number of pyridine rings is 1. The van der Waals surface area contributed by atoms with Crippen molar-refractivity contribution < 1.29 is 0 Å². The summed E-state index contributed by atoms with van der Waals surface area (Å²) in [6, 6.07) is 3.80. The van der Waals surface area contributed by atoms with E-state index < -0.39 is 0 Å². The molecule has 1 fully saturated rings. The van der Waals surface area contributed by atoms with Crippen molar-refractivity contribution in [3.8, 4) is 0 Å². The Balaban J connectivity index is 1.88. The second-order valence-electron chi connectivity index (χ2n) is 4.27. The van der Waals surface area contributed by atoms with E-state index in [1.165, 1.54) is 11.8 Å². The zero-order valence-corrected chi connectivity index (χ0v) is 13.6. The van der Waals surface area contributed by atoms with Gasteiger partial charge in [-0.05, 0) is 64.3 Å². The lowest BCUT2D eigenvalue weighted by Crippen LogP contribution is -2.21. The van der Waals surface area contributed by atoms with Gasteiger partial charge in [-0.1, -0.05) is 0 Å². The molecule has 0 unspecified atom stereocenters. The lowest BCUT2D eigenvalue weighted by molar-refractivity contribution is 0.825. The van der Waals surface area contributed by atoms with Crippen LogP contribution in [-0.2, 0) is 0 Å². The Labute approximate surface area is 134 Å². The monoisotopic (exact) mass is 371 g/mol. The summed E-state index contributed by atoms with van der Waals surface area (Å²) in [7, 11) is 0. The molecule has 3 heterocycles. The van der Waals surface area contributed by atoms with Gasteiger partial charge in [-0.3, -0.25) is 0 Å². The van der Waals surface area contributed by atoms with Gasteiger partial charge >= 0.3 is 0 Å². The van der Waals surface area contributed by atoms with E-state index in [4.69, 9.17) is 11.6 Å². The third-order valence-corrected chi connectivity index (χ3v) is 4.83. The number of nitrogens with zero attached hydrogens (tertiary/aromatic N) is 5. The molecule has 0 spiro atoms. The molecule has 20 heavy (non-hydrogen) atoms. The molecule has 1 aliphatic rings. The van der Waals surface area contributed by atoms with Gasteiger partial charge in [0.2, 0.25) is 11.2 Å². The Morgan fingerprint density at radius 1 is 1.20 bits per heavy atom. The average molecular weight is 373 g/mol. The predicted molar refractivity (Wildman–Crippen MR) is 82.3 cm³/mol. The number of halogens is 2. The number of rotatable bonds is 3. The van der Waals surface area contributed by atoms with Gasteiger partial charge in [0, 0.05) is 19.3 Å². The van der Waals surface area contributed by atoms with E-state index in [1.807, 2.05) is 12.1 Å². The maximum Gasteiger partial charge on any atom is 0.230 e. The number of hydrogen-bond acceptors (Lipinski definition) is 6. The van der Waals surface area contributed by atoms with Crippen molar-refractivity contribution in [2.24, 2.45) is 0 Å². The van der Waals surface area contributed by atoms with Crippen molar-refractivity contribution >= 4 is 45.2 Å². The van der Waals surface area contributed by atoms with Gasteiger partial charge in [-0.2, -0.15) is 15.0 Å². The minimum Gasteiger partial charge on any atom is -0.341 e. The van der Waals surface area contributed by atoms with Crippen LogP contribution >= 0.6 is 39.3 Å². The quantitative estimate of drug-likeness (QED) is 0.822. The standard InChI is InChI=1S/C12H11BrClN5S/c13-8-4-3-5-15-9(8)20-12-17-10(14)16-11(18-12)19-6-1-2-7-19/h3-5H,1-2,6-7H2. The number of hydrogen-bond donors (Lipinski definition) is 0. The molecule has 0 N–H and O–H groups in total. The summed E-state index contributed by atoms with van der Waals surface area (Å²) in [5.74, 6) is 0.650. The van der Waals surface area contributed by atoms with E-state index in [0.717, 1.165) is 35.4 Å². The molecule has 8 heteroatoms. The van der Waals surface area contributed by atoms with E-state index in [9.17, 15) is 0 Å². The van der Waals surface area contributed by atoms with Gasteiger partial charge < -0.3 is 4.90 Å². The summed E-state index contributed by atoms with van der Waals surface area (Å²) in [6.45, 7) is 1.94. The lowest BCUT2D eigenvalue weighted by Gasteiger charge is -2.15. The van der Waals surface area contributed by atoms with Crippen LogP contribution in [0.4, 0.5) is 5.95 Å². The molecule has 0 saturated carbocycles. The predicted octanol–water partition coefficient (Wildman–Crippen LogP) is 3.43. The van der Waals surface area contributed by atoms with E-state index >= 15 is 0 Å². The van der Waals surface area contributed by atoms with Gasteiger partial charge in [-0.25, -0.2) is 4.98 Å². The van der Waals surface area contributed by atoms with Crippen molar-refractivity contribution in [1.82, 2.24) is 19.9 Å². The highest BCUT2D eigenvalue weighted by Gasteiger charge is 2.17. The van der Waals surface area contributed by atoms with Gasteiger partial charge in [0.25, 0.3) is 0 Å². The Bertz CT molecular complexity index is 621. The fourth-order valence-corrected chi connectivity index (χ4v) is 3.37. The number of anilines is 1. The molecular formula is C12H11BrClN5S. The third kappa shape index (κ3) is 3.21. The normalized spacial score (nSPS) is 14.8. The molecule has 1 aliphatic heterocycles. The molecule has 2 aromatic rings. The molecule has 0 radical (unpaired) electrons. The molecule has 1 saturated heterocycles. The van der Waals surface area contributed by atoms with E-state index in [-0.39, 0.29) is 5.28 Å². The second kappa shape index (κ2) is 6.24. The largest absolute Gasteiger partial charge is 0.341 e. The maximum absolute atomic E-state index is 6.00. The summed E-state index contributed by atoms with van der Waals surface area (Å²) in [6.07, 6.45) is 4.06. The van der Waals surface area contributed by atoms with Crippen LogP contribution in [-0.4, -0.2) is 33.0 Å². The second-order valence-corrected chi connectivity index (χ2v) is 6.42. The molecule has 0 aliphatic carbocycles. The van der Waals surface area contributed by atoms with Gasteiger partial charge in [-0.15, -0.1) is 0 Å². The van der Waals surface area contributed by atoms with Gasteiger partial charge in [0.15, 0.2) is 5.16 Å². The maximum atomic E-state index is 6.00. The Hall–Kier alpha value is -0.920. The summed E-state index contributed by atoms with van der Waals surface area (Å²) in [4.78, 5) is 19.3. The van der Waals surface area contributed by atoms with Crippen molar-refractivity contribution in [3.05, 3.63) is 28.1 Å². The summed E-state index contributed by atoms with van der Waals surface area (Å²) >= 11 is 10.8. The highest BCUT2D eigenvalue weighted by Crippen LogP contribution is 2.30. The smallest absolute Gasteiger partial charge is 0.230 e. The van der Waals surface area contributed by atoms with Gasteiger partial charge in [0.1, 0.15) is 5.03 Å². The first-order valence-corrected chi connectivity index (χ1v) is 8.16. The van der Waals surface area contributed by atoms with Crippen molar-refractivity contribution in [2.45, 2.75) is 23.0 Å². The van der Waals surface area contributed by atoms with Crippen LogP contribution in [0.1, 0.15) is 12.8 Å². The molecule has 5 nitrogen and oxygen atoms in total. The van der Waals surface area contributed by atoms with Crippen LogP contribution in [0.5, 0.6) is 0 Å². The van der Waals surface area contributed by atoms with Crippen LogP contribution in [0.25, 0.3) is 0 Å². The molecule has 0 aromatic carbocycles. The first-order chi connectivity index (χ1) is 9.72. The molecule has 0 bridgehead atoms. The minimum absolute atomic E-state index is 0.219. The van der Waals surface area contributed by atoms with Crippen LogP contribution < -0.4 is 4.90 Å². The van der Waals surface area contributed by atoms with Gasteiger partial charge in [0.05, 0.1) is 4.47 Å². The molecule has 0 amide bonds.